The van der Waals surface area contributed by atoms with Gasteiger partial charge in [-0.1, -0.05) is 25.0 Å². The van der Waals surface area contributed by atoms with Crippen molar-refractivity contribution in [1.29, 1.82) is 0 Å². The van der Waals surface area contributed by atoms with Gasteiger partial charge in [-0.25, -0.2) is 0 Å². The molecule has 2 aliphatic rings. The maximum absolute atomic E-state index is 11.5. The summed E-state index contributed by atoms with van der Waals surface area (Å²) >= 11 is 0. The van der Waals surface area contributed by atoms with E-state index in [0.717, 1.165) is 18.8 Å². The van der Waals surface area contributed by atoms with Crippen LogP contribution in [-0.2, 0) is 4.79 Å². The van der Waals surface area contributed by atoms with Crippen molar-refractivity contribution in [1.82, 2.24) is 5.32 Å². The minimum Gasteiger partial charge on any atom is -0.396 e. The van der Waals surface area contributed by atoms with Gasteiger partial charge in [0.15, 0.2) is 0 Å². The first-order valence-electron chi connectivity index (χ1n) is 5.86. The summed E-state index contributed by atoms with van der Waals surface area (Å²) in [5.41, 5.74) is 0. The van der Waals surface area contributed by atoms with Gasteiger partial charge in [-0.3, -0.25) is 4.79 Å². The van der Waals surface area contributed by atoms with Crippen LogP contribution < -0.4 is 5.32 Å². The highest BCUT2D eigenvalue weighted by atomic mass is 16.3. The van der Waals surface area contributed by atoms with Gasteiger partial charge in [-0.05, 0) is 18.8 Å². The highest BCUT2D eigenvalue weighted by Crippen LogP contribution is 2.33. The molecule has 2 atom stereocenters. The van der Waals surface area contributed by atoms with E-state index in [4.69, 9.17) is 5.11 Å². The van der Waals surface area contributed by atoms with Crippen molar-refractivity contribution in [3.8, 4) is 0 Å². The molecule has 2 N–H and O–H groups in total. The minimum atomic E-state index is 0.147. The molecule has 0 aromatic carbocycles. The first-order chi connectivity index (χ1) is 7.28. The Balaban J connectivity index is 1.63. The summed E-state index contributed by atoms with van der Waals surface area (Å²) in [6, 6.07) is 0.147. The van der Waals surface area contributed by atoms with Crippen molar-refractivity contribution < 1.29 is 9.90 Å². The van der Waals surface area contributed by atoms with E-state index < -0.39 is 0 Å². The zero-order valence-corrected chi connectivity index (χ0v) is 8.98. The molecule has 1 saturated carbocycles. The number of carbonyl (C=O) groups is 1. The average Bonchev–Trinajstić information content (AvgIpc) is 2.96. The van der Waals surface area contributed by atoms with Gasteiger partial charge >= 0.3 is 0 Å². The normalized spacial score (nSPS) is 29.4. The molecule has 0 aromatic rings. The summed E-state index contributed by atoms with van der Waals surface area (Å²) in [5.74, 6) is 1.22. The van der Waals surface area contributed by atoms with Crippen LogP contribution in [0.25, 0.3) is 0 Å². The van der Waals surface area contributed by atoms with Gasteiger partial charge in [0, 0.05) is 25.0 Å². The van der Waals surface area contributed by atoms with Crippen LogP contribution in [0.2, 0.25) is 0 Å². The molecule has 0 radical (unpaired) electrons. The molecule has 1 fully saturated rings. The van der Waals surface area contributed by atoms with E-state index in [1.54, 1.807) is 0 Å². The van der Waals surface area contributed by atoms with Crippen LogP contribution in [-0.4, -0.2) is 23.7 Å². The van der Waals surface area contributed by atoms with E-state index in [9.17, 15) is 4.79 Å². The van der Waals surface area contributed by atoms with Gasteiger partial charge < -0.3 is 10.4 Å². The lowest BCUT2D eigenvalue weighted by Gasteiger charge is -2.12. The molecule has 0 unspecified atom stereocenters. The molecule has 2 rings (SSSR count). The number of rotatable bonds is 5. The fourth-order valence-electron chi connectivity index (χ4n) is 2.04. The SMILES string of the molecule is O=C(CCC1CC1)N[C@@H]1C=C[C@H](CO)C1. The number of amides is 1. The third-order valence-corrected chi connectivity index (χ3v) is 3.23. The van der Waals surface area contributed by atoms with Gasteiger partial charge in [-0.2, -0.15) is 0 Å². The van der Waals surface area contributed by atoms with E-state index in [1.807, 2.05) is 12.2 Å². The fourth-order valence-corrected chi connectivity index (χ4v) is 2.04. The van der Waals surface area contributed by atoms with Crippen molar-refractivity contribution in [2.45, 2.75) is 38.1 Å². The highest BCUT2D eigenvalue weighted by molar-refractivity contribution is 5.76. The maximum atomic E-state index is 11.5. The number of aliphatic hydroxyl groups is 1. The molecule has 3 nitrogen and oxygen atoms in total. The molecule has 15 heavy (non-hydrogen) atoms. The lowest BCUT2D eigenvalue weighted by Crippen LogP contribution is -2.32. The Morgan fingerprint density at radius 2 is 2.20 bits per heavy atom. The predicted molar refractivity (Wildman–Crippen MR) is 58.2 cm³/mol. The second-order valence-electron chi connectivity index (χ2n) is 4.72. The van der Waals surface area contributed by atoms with Crippen LogP contribution in [0.1, 0.15) is 32.1 Å². The molecule has 0 aliphatic heterocycles. The first kappa shape index (κ1) is 10.7. The van der Waals surface area contributed by atoms with E-state index in [1.165, 1.54) is 12.8 Å². The first-order valence-corrected chi connectivity index (χ1v) is 5.86. The van der Waals surface area contributed by atoms with Crippen LogP contribution in [0.5, 0.6) is 0 Å². The van der Waals surface area contributed by atoms with E-state index in [0.29, 0.717) is 6.42 Å². The van der Waals surface area contributed by atoms with E-state index in [-0.39, 0.29) is 24.5 Å². The van der Waals surface area contributed by atoms with Gasteiger partial charge in [0.05, 0.1) is 0 Å². The molecule has 0 bridgehead atoms. The van der Waals surface area contributed by atoms with Crippen LogP contribution in [0.3, 0.4) is 0 Å². The lowest BCUT2D eigenvalue weighted by molar-refractivity contribution is -0.121. The molecule has 3 heteroatoms. The van der Waals surface area contributed by atoms with Crippen molar-refractivity contribution >= 4 is 5.91 Å². The summed E-state index contributed by atoms with van der Waals surface area (Å²) in [6.45, 7) is 0.185. The zero-order chi connectivity index (χ0) is 10.7. The molecular formula is C12H19NO2. The Labute approximate surface area is 90.6 Å². The Bertz CT molecular complexity index is 258. The largest absolute Gasteiger partial charge is 0.396 e. The minimum absolute atomic E-state index is 0.147. The average molecular weight is 209 g/mol. The predicted octanol–water partition coefficient (Wildman–Crippen LogP) is 1.23. The van der Waals surface area contributed by atoms with Crippen molar-refractivity contribution in [2.24, 2.45) is 11.8 Å². The lowest BCUT2D eigenvalue weighted by atomic mass is 10.1. The second-order valence-corrected chi connectivity index (χ2v) is 4.72. The summed E-state index contributed by atoms with van der Waals surface area (Å²) < 4.78 is 0. The van der Waals surface area contributed by atoms with E-state index in [2.05, 4.69) is 5.32 Å². The van der Waals surface area contributed by atoms with Gasteiger partial charge in [0.25, 0.3) is 0 Å². The quantitative estimate of drug-likeness (QED) is 0.669. The smallest absolute Gasteiger partial charge is 0.220 e. The number of hydrogen-bond acceptors (Lipinski definition) is 2. The third-order valence-electron chi connectivity index (χ3n) is 3.23. The van der Waals surface area contributed by atoms with Crippen molar-refractivity contribution in [3.63, 3.8) is 0 Å². The van der Waals surface area contributed by atoms with E-state index >= 15 is 0 Å². The van der Waals surface area contributed by atoms with Gasteiger partial charge in [0.2, 0.25) is 5.91 Å². The molecule has 0 spiro atoms. The van der Waals surface area contributed by atoms with Crippen LogP contribution in [0, 0.1) is 11.8 Å². The fraction of sp³-hybridized carbons (Fsp3) is 0.750. The topological polar surface area (TPSA) is 49.3 Å². The second kappa shape index (κ2) is 4.79. The summed E-state index contributed by atoms with van der Waals surface area (Å²) in [7, 11) is 0. The molecule has 2 aliphatic carbocycles. The molecule has 0 saturated heterocycles. The highest BCUT2D eigenvalue weighted by Gasteiger charge is 2.23. The summed E-state index contributed by atoms with van der Waals surface area (Å²) in [6.07, 6.45) is 9.17. The van der Waals surface area contributed by atoms with Crippen molar-refractivity contribution in [2.75, 3.05) is 6.61 Å². The van der Waals surface area contributed by atoms with Gasteiger partial charge in [-0.15, -0.1) is 0 Å². The maximum Gasteiger partial charge on any atom is 0.220 e. The standard InChI is InChI=1S/C12H19NO2/c14-8-10-3-5-11(7-10)13-12(15)6-4-9-1-2-9/h3,5,9-11,14H,1-2,4,6-8H2,(H,13,15)/t10-,11+/m0/s1. The number of carbonyl (C=O) groups excluding carboxylic acids is 1. The number of hydrogen-bond donors (Lipinski definition) is 2. The Morgan fingerprint density at radius 1 is 1.40 bits per heavy atom. The monoisotopic (exact) mass is 209 g/mol. The summed E-state index contributed by atoms with van der Waals surface area (Å²) in [5, 5.41) is 11.9. The van der Waals surface area contributed by atoms with Crippen LogP contribution in [0.15, 0.2) is 12.2 Å². The molecular weight excluding hydrogens is 190 g/mol. The van der Waals surface area contributed by atoms with Crippen LogP contribution in [0.4, 0.5) is 0 Å². The molecule has 0 heterocycles. The zero-order valence-electron chi connectivity index (χ0n) is 8.98. The number of aliphatic hydroxyl groups excluding tert-OH is 1. The Hall–Kier alpha value is -0.830. The van der Waals surface area contributed by atoms with Crippen LogP contribution >= 0.6 is 0 Å². The molecule has 0 aromatic heterocycles. The van der Waals surface area contributed by atoms with Crippen molar-refractivity contribution in [3.05, 3.63) is 12.2 Å². The third kappa shape index (κ3) is 3.34. The molecule has 1 amide bonds. The van der Waals surface area contributed by atoms with Gasteiger partial charge in [0.1, 0.15) is 0 Å². The number of nitrogens with one attached hydrogen (secondary N) is 1. The molecule has 84 valence electrons. The Kier molecular flexibility index (Phi) is 3.41. The summed E-state index contributed by atoms with van der Waals surface area (Å²) in [4.78, 5) is 11.5. The Morgan fingerprint density at radius 3 is 2.80 bits per heavy atom.